The van der Waals surface area contributed by atoms with Crippen molar-refractivity contribution in [2.24, 2.45) is 11.7 Å². The van der Waals surface area contributed by atoms with Crippen LogP contribution in [-0.2, 0) is 4.74 Å². The molecule has 0 radical (unpaired) electrons. The van der Waals surface area contributed by atoms with Crippen LogP contribution in [-0.4, -0.2) is 35.7 Å². The van der Waals surface area contributed by atoms with Crippen LogP contribution < -0.4 is 5.73 Å². The summed E-state index contributed by atoms with van der Waals surface area (Å²) in [6, 6.07) is 8.34. The van der Waals surface area contributed by atoms with Gasteiger partial charge in [-0.1, -0.05) is 24.0 Å². The summed E-state index contributed by atoms with van der Waals surface area (Å²) in [7, 11) is 0. The van der Waals surface area contributed by atoms with Gasteiger partial charge in [0, 0.05) is 24.1 Å². The Labute approximate surface area is 144 Å². The molecule has 2 N–H and O–H groups in total. The van der Waals surface area contributed by atoms with E-state index in [1.54, 1.807) is 0 Å². The van der Waals surface area contributed by atoms with E-state index >= 15 is 0 Å². The lowest BCUT2D eigenvalue weighted by molar-refractivity contribution is 0.0843. The molecule has 3 rings (SSSR count). The summed E-state index contributed by atoms with van der Waals surface area (Å²) in [4.78, 5) is 14.0. The molecule has 2 unspecified atom stereocenters. The van der Waals surface area contributed by atoms with E-state index < -0.39 is 5.54 Å². The van der Waals surface area contributed by atoms with Crippen molar-refractivity contribution in [2.75, 3.05) is 13.2 Å². The lowest BCUT2D eigenvalue weighted by Gasteiger charge is -2.40. The first kappa shape index (κ1) is 16.9. The van der Waals surface area contributed by atoms with Gasteiger partial charge in [-0.3, -0.25) is 0 Å². The quantitative estimate of drug-likeness (QED) is 0.807. The summed E-state index contributed by atoms with van der Waals surface area (Å²) < 4.78 is 5.20. The summed E-state index contributed by atoms with van der Waals surface area (Å²) in [6.45, 7) is 5.04. The minimum Gasteiger partial charge on any atom is -0.450 e. The number of rotatable bonds is 1. The van der Waals surface area contributed by atoms with Crippen molar-refractivity contribution in [2.45, 2.75) is 51.1 Å². The average molecular weight is 326 g/mol. The number of carbonyl (C=O) groups excluding carboxylic acids is 1. The Morgan fingerprint density at radius 2 is 2.29 bits per heavy atom. The molecule has 0 spiro atoms. The Bertz CT molecular complexity index is 676. The van der Waals surface area contributed by atoms with E-state index in [-0.39, 0.29) is 18.1 Å². The van der Waals surface area contributed by atoms with Gasteiger partial charge in [0.1, 0.15) is 0 Å². The van der Waals surface area contributed by atoms with Gasteiger partial charge in [0.2, 0.25) is 0 Å². The normalized spacial score (nSPS) is 28.7. The molecule has 1 heterocycles. The second kappa shape index (κ2) is 6.86. The van der Waals surface area contributed by atoms with Crippen molar-refractivity contribution >= 4 is 6.09 Å². The van der Waals surface area contributed by atoms with Gasteiger partial charge in [0.05, 0.1) is 12.1 Å². The maximum absolute atomic E-state index is 12.2. The first-order valence-corrected chi connectivity index (χ1v) is 8.85. The number of fused-ring (bicyclic) bond motifs is 1. The topological polar surface area (TPSA) is 55.6 Å². The summed E-state index contributed by atoms with van der Waals surface area (Å²) in [6.07, 6.45) is 3.58. The predicted octanol–water partition coefficient (Wildman–Crippen LogP) is 3.07. The van der Waals surface area contributed by atoms with Crippen LogP contribution in [0.2, 0.25) is 0 Å². The van der Waals surface area contributed by atoms with Crippen LogP contribution in [0, 0.1) is 24.7 Å². The Morgan fingerprint density at radius 1 is 1.46 bits per heavy atom. The zero-order valence-electron chi connectivity index (χ0n) is 14.5. The van der Waals surface area contributed by atoms with Gasteiger partial charge in [-0.25, -0.2) is 4.79 Å². The van der Waals surface area contributed by atoms with E-state index in [1.807, 2.05) is 24.0 Å². The second-order valence-corrected chi connectivity index (χ2v) is 6.91. The number of nitrogens with two attached hydrogens (primary N) is 1. The zero-order valence-corrected chi connectivity index (χ0v) is 14.5. The largest absolute Gasteiger partial charge is 0.450 e. The van der Waals surface area contributed by atoms with Gasteiger partial charge in [-0.2, -0.15) is 0 Å². The summed E-state index contributed by atoms with van der Waals surface area (Å²) in [5.74, 6) is 6.85. The second-order valence-electron chi connectivity index (χ2n) is 6.91. The van der Waals surface area contributed by atoms with Gasteiger partial charge < -0.3 is 15.4 Å². The maximum Gasteiger partial charge on any atom is 0.410 e. The highest BCUT2D eigenvalue weighted by Gasteiger charge is 2.49. The van der Waals surface area contributed by atoms with Crippen molar-refractivity contribution in [1.29, 1.82) is 0 Å². The van der Waals surface area contributed by atoms with Crippen molar-refractivity contribution in [3.05, 3.63) is 35.4 Å². The lowest BCUT2D eigenvalue weighted by Crippen LogP contribution is -2.54. The van der Waals surface area contributed by atoms with Gasteiger partial charge in [-0.15, -0.1) is 0 Å². The molecule has 4 heteroatoms. The third-order valence-electron chi connectivity index (χ3n) is 5.26. The summed E-state index contributed by atoms with van der Waals surface area (Å²) in [5, 5.41) is 0. The van der Waals surface area contributed by atoms with Crippen LogP contribution in [0.3, 0.4) is 0 Å². The Kier molecular flexibility index (Phi) is 4.82. The monoisotopic (exact) mass is 326 g/mol. The highest BCUT2D eigenvalue weighted by molar-refractivity contribution is 5.68. The number of amides is 1. The van der Waals surface area contributed by atoms with Gasteiger partial charge in [0.25, 0.3) is 0 Å². The fourth-order valence-corrected chi connectivity index (χ4v) is 4.10. The van der Waals surface area contributed by atoms with Crippen molar-refractivity contribution in [1.82, 2.24) is 4.90 Å². The summed E-state index contributed by atoms with van der Waals surface area (Å²) >= 11 is 0. The van der Waals surface area contributed by atoms with Crippen molar-refractivity contribution < 1.29 is 9.53 Å². The van der Waals surface area contributed by atoms with Crippen molar-refractivity contribution in [3.8, 4) is 11.8 Å². The number of hydrogen-bond donors (Lipinski definition) is 1. The molecule has 4 nitrogen and oxygen atoms in total. The smallest absolute Gasteiger partial charge is 0.410 e. The number of aryl methyl sites for hydroxylation is 1. The number of ether oxygens (including phenoxy) is 1. The van der Waals surface area contributed by atoms with Crippen LogP contribution in [0.1, 0.15) is 43.7 Å². The van der Waals surface area contributed by atoms with Crippen molar-refractivity contribution in [3.63, 3.8) is 0 Å². The Hall–Kier alpha value is -1.99. The Balaban J connectivity index is 1.80. The molecule has 1 aromatic rings. The molecule has 1 saturated heterocycles. The third-order valence-corrected chi connectivity index (χ3v) is 5.26. The van der Waals surface area contributed by atoms with Crippen LogP contribution in [0.4, 0.5) is 4.79 Å². The van der Waals surface area contributed by atoms with Crippen LogP contribution in [0.25, 0.3) is 0 Å². The van der Waals surface area contributed by atoms with E-state index in [1.165, 1.54) is 5.56 Å². The molecule has 128 valence electrons. The summed E-state index contributed by atoms with van der Waals surface area (Å²) in [5.41, 5.74) is 8.39. The third kappa shape index (κ3) is 3.27. The molecule has 1 aliphatic heterocycles. The first-order valence-electron chi connectivity index (χ1n) is 8.85. The molecule has 3 atom stereocenters. The van der Waals surface area contributed by atoms with Crippen LogP contribution in [0.15, 0.2) is 24.3 Å². The maximum atomic E-state index is 12.2. The van der Waals surface area contributed by atoms with E-state index in [4.69, 9.17) is 10.5 Å². The fraction of sp³-hybridized carbons (Fsp3) is 0.550. The minimum absolute atomic E-state index is 0.162. The van der Waals surface area contributed by atoms with E-state index in [0.717, 1.165) is 37.8 Å². The molecule has 24 heavy (non-hydrogen) atoms. The number of benzene rings is 1. The number of hydrogen-bond acceptors (Lipinski definition) is 3. The van der Waals surface area contributed by atoms with E-state index in [0.29, 0.717) is 6.61 Å². The van der Waals surface area contributed by atoms with E-state index in [2.05, 4.69) is 30.9 Å². The predicted molar refractivity (Wildman–Crippen MR) is 94.4 cm³/mol. The number of likely N-dealkylation sites (tertiary alicyclic amines) is 1. The molecular formula is C20H26N2O2. The molecule has 1 aliphatic carbocycles. The van der Waals surface area contributed by atoms with Gasteiger partial charge in [-0.05, 0) is 57.2 Å². The molecular weight excluding hydrogens is 300 g/mol. The highest BCUT2D eigenvalue weighted by atomic mass is 16.6. The standard InChI is InChI=1S/C20H26N2O2/c1-3-24-19(23)22-13-10-17-18(22)8-5-11-20(17,21)12-9-16-7-4-6-15(2)14-16/h4,6-7,14,17-18H,3,5,8,10-11,13,21H2,1-2H3/t17?,18?,20-/m1/s1. The molecule has 1 aromatic carbocycles. The molecule has 2 aliphatic rings. The minimum atomic E-state index is -0.520. The molecule has 1 saturated carbocycles. The first-order chi connectivity index (χ1) is 11.5. The number of carbonyl (C=O) groups is 1. The van der Waals surface area contributed by atoms with Gasteiger partial charge >= 0.3 is 6.09 Å². The van der Waals surface area contributed by atoms with Crippen LogP contribution in [0.5, 0.6) is 0 Å². The molecule has 0 bridgehead atoms. The SMILES string of the molecule is CCOC(=O)N1CCC2C1CCC[C@@]2(N)C#Cc1cccc(C)c1. The fourth-order valence-electron chi connectivity index (χ4n) is 4.10. The Morgan fingerprint density at radius 3 is 3.04 bits per heavy atom. The molecule has 0 aromatic heterocycles. The molecule has 1 amide bonds. The average Bonchev–Trinajstić information content (AvgIpc) is 2.99. The van der Waals surface area contributed by atoms with E-state index in [9.17, 15) is 4.79 Å². The van der Waals surface area contributed by atoms with Gasteiger partial charge in [0.15, 0.2) is 0 Å². The highest BCUT2D eigenvalue weighted by Crippen LogP contribution is 2.41. The number of nitrogens with zero attached hydrogens (tertiary/aromatic N) is 1. The van der Waals surface area contributed by atoms with Crippen LogP contribution >= 0.6 is 0 Å². The molecule has 2 fully saturated rings. The zero-order chi connectivity index (χ0) is 17.2. The lowest BCUT2D eigenvalue weighted by atomic mass is 9.71.